The van der Waals surface area contributed by atoms with Gasteiger partial charge in [-0.2, -0.15) is 0 Å². The molecule has 2 fully saturated rings. The average molecular weight is 184 g/mol. The lowest BCUT2D eigenvalue weighted by Crippen LogP contribution is -2.21. The molecule has 0 aromatic carbocycles. The molecule has 2 aliphatic heterocycles. The molecule has 0 spiro atoms. The van der Waals surface area contributed by atoms with Crippen molar-refractivity contribution in [1.82, 2.24) is 0 Å². The molecular formula is C11H20O2. The first-order chi connectivity index (χ1) is 6.36. The first-order valence-electron chi connectivity index (χ1n) is 5.59. The Morgan fingerprint density at radius 1 is 1.15 bits per heavy atom. The van der Waals surface area contributed by atoms with E-state index in [0.29, 0.717) is 18.1 Å². The summed E-state index contributed by atoms with van der Waals surface area (Å²) in [6.07, 6.45) is 7.27. The standard InChI is InChI=1S/C11H20O2/c1-9(11-5-3-7-13-11)8-10-4-2-6-12-10/h9-11H,2-8H2,1H3. The fourth-order valence-electron chi connectivity index (χ4n) is 2.45. The third-order valence-electron chi connectivity index (χ3n) is 3.26. The van der Waals surface area contributed by atoms with Crippen LogP contribution < -0.4 is 0 Å². The first-order valence-corrected chi connectivity index (χ1v) is 5.59. The van der Waals surface area contributed by atoms with Crippen LogP contribution in [0, 0.1) is 5.92 Å². The van der Waals surface area contributed by atoms with E-state index < -0.39 is 0 Å². The van der Waals surface area contributed by atoms with E-state index in [0.717, 1.165) is 13.2 Å². The zero-order valence-electron chi connectivity index (χ0n) is 8.50. The summed E-state index contributed by atoms with van der Waals surface area (Å²) in [4.78, 5) is 0. The van der Waals surface area contributed by atoms with E-state index in [1.165, 1.54) is 32.1 Å². The fraction of sp³-hybridized carbons (Fsp3) is 1.00. The normalized spacial score (nSPS) is 36.7. The van der Waals surface area contributed by atoms with Gasteiger partial charge in [0.2, 0.25) is 0 Å². The Balaban J connectivity index is 1.73. The second kappa shape index (κ2) is 4.43. The van der Waals surface area contributed by atoms with Crippen molar-refractivity contribution in [2.24, 2.45) is 5.92 Å². The van der Waals surface area contributed by atoms with E-state index >= 15 is 0 Å². The van der Waals surface area contributed by atoms with Crippen LogP contribution in [0.25, 0.3) is 0 Å². The Morgan fingerprint density at radius 2 is 1.92 bits per heavy atom. The molecule has 76 valence electrons. The van der Waals surface area contributed by atoms with Crippen LogP contribution in [0.5, 0.6) is 0 Å². The highest BCUT2D eigenvalue weighted by molar-refractivity contribution is 4.76. The van der Waals surface area contributed by atoms with Crippen LogP contribution in [-0.2, 0) is 9.47 Å². The van der Waals surface area contributed by atoms with E-state index in [4.69, 9.17) is 9.47 Å². The summed E-state index contributed by atoms with van der Waals surface area (Å²) < 4.78 is 11.3. The van der Waals surface area contributed by atoms with Crippen molar-refractivity contribution in [3.63, 3.8) is 0 Å². The third-order valence-corrected chi connectivity index (χ3v) is 3.26. The maximum atomic E-state index is 5.67. The largest absolute Gasteiger partial charge is 0.378 e. The zero-order chi connectivity index (χ0) is 9.10. The molecule has 2 heteroatoms. The smallest absolute Gasteiger partial charge is 0.0602 e. The molecule has 0 aromatic rings. The molecule has 2 heterocycles. The molecule has 0 aromatic heterocycles. The number of ether oxygens (including phenoxy) is 2. The number of rotatable bonds is 3. The van der Waals surface area contributed by atoms with E-state index in [9.17, 15) is 0 Å². The third kappa shape index (κ3) is 2.44. The monoisotopic (exact) mass is 184 g/mol. The van der Waals surface area contributed by atoms with Crippen molar-refractivity contribution in [3.05, 3.63) is 0 Å². The second-order valence-corrected chi connectivity index (χ2v) is 4.40. The van der Waals surface area contributed by atoms with Crippen molar-refractivity contribution in [1.29, 1.82) is 0 Å². The van der Waals surface area contributed by atoms with Gasteiger partial charge in [-0.25, -0.2) is 0 Å². The first kappa shape index (κ1) is 9.47. The van der Waals surface area contributed by atoms with Gasteiger partial charge in [-0.15, -0.1) is 0 Å². The highest BCUT2D eigenvalue weighted by atomic mass is 16.5. The summed E-state index contributed by atoms with van der Waals surface area (Å²) >= 11 is 0. The molecule has 0 N–H and O–H groups in total. The molecule has 2 saturated heterocycles. The molecule has 3 unspecified atom stereocenters. The van der Waals surface area contributed by atoms with Crippen LogP contribution in [0.1, 0.15) is 39.0 Å². The van der Waals surface area contributed by atoms with Crippen LogP contribution in [-0.4, -0.2) is 25.4 Å². The SMILES string of the molecule is CC(CC1CCCO1)C1CCCO1. The molecule has 2 nitrogen and oxygen atoms in total. The average Bonchev–Trinajstić information content (AvgIpc) is 2.74. The minimum absolute atomic E-state index is 0.518. The van der Waals surface area contributed by atoms with Gasteiger partial charge in [0, 0.05) is 13.2 Å². The molecule has 13 heavy (non-hydrogen) atoms. The Labute approximate surface area is 80.6 Å². The van der Waals surface area contributed by atoms with Crippen molar-refractivity contribution in [2.75, 3.05) is 13.2 Å². The Bertz CT molecular complexity index is 146. The molecule has 2 aliphatic rings. The Morgan fingerprint density at radius 3 is 2.54 bits per heavy atom. The van der Waals surface area contributed by atoms with E-state index in [-0.39, 0.29) is 0 Å². The molecule has 0 saturated carbocycles. The summed E-state index contributed by atoms with van der Waals surface area (Å²) in [6, 6.07) is 0. The van der Waals surface area contributed by atoms with Crippen molar-refractivity contribution in [3.8, 4) is 0 Å². The molecule has 0 radical (unpaired) electrons. The molecule has 0 amide bonds. The predicted octanol–water partition coefficient (Wildman–Crippen LogP) is 2.37. The lowest BCUT2D eigenvalue weighted by atomic mass is 9.94. The minimum Gasteiger partial charge on any atom is -0.378 e. The molecule has 0 bridgehead atoms. The minimum atomic E-state index is 0.518. The van der Waals surface area contributed by atoms with Crippen LogP contribution in [0.2, 0.25) is 0 Å². The topological polar surface area (TPSA) is 18.5 Å². The quantitative estimate of drug-likeness (QED) is 0.670. The summed E-state index contributed by atoms with van der Waals surface area (Å²) in [5.74, 6) is 0.686. The summed E-state index contributed by atoms with van der Waals surface area (Å²) in [6.45, 7) is 4.25. The summed E-state index contributed by atoms with van der Waals surface area (Å²) in [7, 11) is 0. The van der Waals surface area contributed by atoms with E-state index in [1.807, 2.05) is 0 Å². The Kier molecular flexibility index (Phi) is 3.23. The van der Waals surface area contributed by atoms with Crippen LogP contribution in [0.15, 0.2) is 0 Å². The van der Waals surface area contributed by atoms with Gasteiger partial charge in [-0.3, -0.25) is 0 Å². The van der Waals surface area contributed by atoms with Gasteiger partial charge in [-0.1, -0.05) is 6.92 Å². The lowest BCUT2D eigenvalue weighted by molar-refractivity contribution is 0.0316. The molecular weight excluding hydrogens is 164 g/mol. The lowest BCUT2D eigenvalue weighted by Gasteiger charge is -2.21. The predicted molar refractivity (Wildman–Crippen MR) is 51.7 cm³/mol. The molecule has 3 atom stereocenters. The van der Waals surface area contributed by atoms with Crippen molar-refractivity contribution < 1.29 is 9.47 Å². The van der Waals surface area contributed by atoms with Gasteiger partial charge < -0.3 is 9.47 Å². The van der Waals surface area contributed by atoms with Gasteiger partial charge in [-0.05, 0) is 38.0 Å². The van der Waals surface area contributed by atoms with Gasteiger partial charge >= 0.3 is 0 Å². The molecule has 2 rings (SSSR count). The molecule has 0 aliphatic carbocycles. The number of hydrogen-bond acceptors (Lipinski definition) is 2. The maximum Gasteiger partial charge on any atom is 0.0602 e. The second-order valence-electron chi connectivity index (χ2n) is 4.40. The summed E-state index contributed by atoms with van der Waals surface area (Å²) in [5.41, 5.74) is 0. The highest BCUT2D eigenvalue weighted by Crippen LogP contribution is 2.27. The van der Waals surface area contributed by atoms with Gasteiger partial charge in [0.1, 0.15) is 0 Å². The summed E-state index contributed by atoms with van der Waals surface area (Å²) in [5, 5.41) is 0. The van der Waals surface area contributed by atoms with Gasteiger partial charge in [0.05, 0.1) is 12.2 Å². The maximum absolute atomic E-state index is 5.67. The highest BCUT2D eigenvalue weighted by Gasteiger charge is 2.26. The van der Waals surface area contributed by atoms with Crippen molar-refractivity contribution >= 4 is 0 Å². The Hall–Kier alpha value is -0.0800. The van der Waals surface area contributed by atoms with Crippen LogP contribution in [0.3, 0.4) is 0 Å². The van der Waals surface area contributed by atoms with Crippen LogP contribution in [0.4, 0.5) is 0 Å². The number of hydrogen-bond donors (Lipinski definition) is 0. The van der Waals surface area contributed by atoms with Crippen LogP contribution >= 0.6 is 0 Å². The zero-order valence-corrected chi connectivity index (χ0v) is 8.50. The van der Waals surface area contributed by atoms with Gasteiger partial charge in [0.25, 0.3) is 0 Å². The van der Waals surface area contributed by atoms with Gasteiger partial charge in [0.15, 0.2) is 0 Å². The fourth-order valence-corrected chi connectivity index (χ4v) is 2.45. The van der Waals surface area contributed by atoms with E-state index in [2.05, 4.69) is 6.92 Å². The van der Waals surface area contributed by atoms with Crippen molar-refractivity contribution in [2.45, 2.75) is 51.2 Å². The van der Waals surface area contributed by atoms with E-state index in [1.54, 1.807) is 0 Å².